The summed E-state index contributed by atoms with van der Waals surface area (Å²) in [7, 11) is 0. The third kappa shape index (κ3) is 2.07. The van der Waals surface area contributed by atoms with Crippen molar-refractivity contribution in [2.75, 3.05) is 16.5 Å². The minimum absolute atomic E-state index is 0.0114. The standard InChI is InChI=1S/C6H4F3N3OS2/c7-6(8,9)4-10-11-5(15-4)12-2-14-1-3(12)13/h1-2H2. The van der Waals surface area contributed by atoms with E-state index in [-0.39, 0.29) is 16.8 Å². The van der Waals surface area contributed by atoms with E-state index in [1.807, 2.05) is 0 Å². The molecule has 1 aliphatic heterocycles. The second-order valence-electron chi connectivity index (χ2n) is 2.69. The Morgan fingerprint density at radius 2 is 2.07 bits per heavy atom. The van der Waals surface area contributed by atoms with E-state index in [1.54, 1.807) is 0 Å². The number of aromatic nitrogens is 2. The van der Waals surface area contributed by atoms with Gasteiger partial charge >= 0.3 is 6.18 Å². The fourth-order valence-corrected chi connectivity index (χ4v) is 2.66. The van der Waals surface area contributed by atoms with E-state index in [1.165, 1.54) is 16.7 Å². The van der Waals surface area contributed by atoms with E-state index in [0.29, 0.717) is 17.2 Å². The first-order chi connectivity index (χ1) is 6.98. The summed E-state index contributed by atoms with van der Waals surface area (Å²) in [5, 5.41) is 5.35. The average molecular weight is 255 g/mol. The van der Waals surface area contributed by atoms with Crippen LogP contribution < -0.4 is 4.90 Å². The van der Waals surface area contributed by atoms with Crippen molar-refractivity contribution in [1.82, 2.24) is 10.2 Å². The van der Waals surface area contributed by atoms with E-state index in [2.05, 4.69) is 10.2 Å². The molecule has 0 radical (unpaired) electrons. The molecule has 0 unspecified atom stereocenters. The van der Waals surface area contributed by atoms with Crippen molar-refractivity contribution in [3.63, 3.8) is 0 Å². The van der Waals surface area contributed by atoms with Gasteiger partial charge in [-0.15, -0.1) is 22.0 Å². The van der Waals surface area contributed by atoms with Gasteiger partial charge in [0.25, 0.3) is 0 Å². The van der Waals surface area contributed by atoms with Gasteiger partial charge in [0.2, 0.25) is 16.0 Å². The van der Waals surface area contributed by atoms with Crippen molar-refractivity contribution in [2.45, 2.75) is 6.18 Å². The number of amides is 1. The summed E-state index contributed by atoms with van der Waals surface area (Å²) in [5.41, 5.74) is 0. The minimum atomic E-state index is -4.49. The molecule has 0 aromatic carbocycles. The fraction of sp³-hybridized carbons (Fsp3) is 0.500. The Bertz CT molecular complexity index is 391. The second-order valence-corrected chi connectivity index (χ2v) is 4.60. The Balaban J connectivity index is 2.24. The molecule has 0 N–H and O–H groups in total. The van der Waals surface area contributed by atoms with Crippen LogP contribution in [0.1, 0.15) is 5.01 Å². The maximum atomic E-state index is 12.2. The molecule has 1 amide bonds. The number of halogens is 3. The zero-order valence-electron chi connectivity index (χ0n) is 7.11. The summed E-state index contributed by atoms with van der Waals surface area (Å²) in [4.78, 5) is 12.4. The van der Waals surface area contributed by atoms with E-state index < -0.39 is 11.2 Å². The number of rotatable bonds is 1. The van der Waals surface area contributed by atoms with E-state index in [0.717, 1.165) is 0 Å². The lowest BCUT2D eigenvalue weighted by Crippen LogP contribution is -2.24. The molecule has 2 heterocycles. The van der Waals surface area contributed by atoms with Crippen LogP contribution in [0.2, 0.25) is 0 Å². The predicted molar refractivity (Wildman–Crippen MR) is 49.7 cm³/mol. The summed E-state index contributed by atoms with van der Waals surface area (Å²) in [6, 6.07) is 0. The molecule has 1 saturated heterocycles. The van der Waals surface area contributed by atoms with Crippen molar-refractivity contribution in [3.8, 4) is 0 Å². The van der Waals surface area contributed by atoms with Gasteiger partial charge < -0.3 is 0 Å². The molecule has 0 atom stereocenters. The highest BCUT2D eigenvalue weighted by Gasteiger charge is 2.37. The Labute approximate surface area is 90.5 Å². The Hall–Kier alpha value is -0.830. The van der Waals surface area contributed by atoms with Crippen molar-refractivity contribution in [1.29, 1.82) is 0 Å². The number of hydrogen-bond acceptors (Lipinski definition) is 5. The molecule has 9 heteroatoms. The van der Waals surface area contributed by atoms with Crippen LogP contribution >= 0.6 is 23.1 Å². The molecule has 1 aromatic heterocycles. The molecular formula is C6H4F3N3OS2. The van der Waals surface area contributed by atoms with Crippen molar-refractivity contribution in [3.05, 3.63) is 5.01 Å². The summed E-state index contributed by atoms with van der Waals surface area (Å²) < 4.78 is 36.6. The van der Waals surface area contributed by atoms with Crippen molar-refractivity contribution >= 4 is 34.1 Å². The lowest BCUT2D eigenvalue weighted by molar-refractivity contribution is -0.138. The van der Waals surface area contributed by atoms with E-state index in [4.69, 9.17) is 0 Å². The number of nitrogens with zero attached hydrogens (tertiary/aromatic N) is 3. The highest BCUT2D eigenvalue weighted by Crippen LogP contribution is 2.35. The van der Waals surface area contributed by atoms with E-state index in [9.17, 15) is 18.0 Å². The quantitative estimate of drug-likeness (QED) is 0.764. The summed E-state index contributed by atoms with van der Waals surface area (Å²) in [5.74, 6) is 0.386. The molecular weight excluding hydrogens is 251 g/mol. The van der Waals surface area contributed by atoms with E-state index >= 15 is 0 Å². The Morgan fingerprint density at radius 3 is 2.53 bits per heavy atom. The lowest BCUT2D eigenvalue weighted by Gasteiger charge is -2.08. The highest BCUT2D eigenvalue weighted by atomic mass is 32.2. The third-order valence-corrected chi connectivity index (χ3v) is 3.52. The first kappa shape index (κ1) is 10.7. The van der Waals surface area contributed by atoms with Gasteiger partial charge in [-0.1, -0.05) is 11.3 Å². The minimum Gasteiger partial charge on any atom is -0.276 e. The summed E-state index contributed by atoms with van der Waals surface area (Å²) >= 11 is 1.72. The topological polar surface area (TPSA) is 46.1 Å². The zero-order valence-corrected chi connectivity index (χ0v) is 8.75. The van der Waals surface area contributed by atoms with Crippen LogP contribution in [0.4, 0.5) is 18.3 Å². The highest BCUT2D eigenvalue weighted by molar-refractivity contribution is 8.00. The van der Waals surface area contributed by atoms with Crippen molar-refractivity contribution in [2.24, 2.45) is 0 Å². The van der Waals surface area contributed by atoms with Gasteiger partial charge in [-0.25, -0.2) is 0 Å². The van der Waals surface area contributed by atoms with Crippen LogP contribution in [0.15, 0.2) is 0 Å². The third-order valence-electron chi connectivity index (χ3n) is 1.63. The molecule has 0 bridgehead atoms. The number of thioether (sulfide) groups is 1. The number of alkyl halides is 3. The van der Waals surface area contributed by atoms with Gasteiger partial charge in [-0.2, -0.15) is 13.2 Å². The monoisotopic (exact) mass is 255 g/mol. The van der Waals surface area contributed by atoms with Crippen molar-refractivity contribution < 1.29 is 18.0 Å². The molecule has 15 heavy (non-hydrogen) atoms. The SMILES string of the molecule is O=C1CSCN1c1nnc(C(F)(F)F)s1. The largest absolute Gasteiger partial charge is 0.445 e. The average Bonchev–Trinajstić information content (AvgIpc) is 2.69. The molecule has 4 nitrogen and oxygen atoms in total. The van der Waals surface area contributed by atoms with Crippen LogP contribution in [0.3, 0.4) is 0 Å². The molecule has 1 aromatic rings. The Morgan fingerprint density at radius 1 is 1.33 bits per heavy atom. The summed E-state index contributed by atoms with van der Waals surface area (Å²) in [6.45, 7) is 0. The predicted octanol–water partition coefficient (Wildman–Crippen LogP) is 1.59. The first-order valence-corrected chi connectivity index (χ1v) is 5.74. The number of hydrogen-bond donors (Lipinski definition) is 0. The normalized spacial score (nSPS) is 17.5. The fourth-order valence-electron chi connectivity index (χ4n) is 0.975. The molecule has 2 rings (SSSR count). The molecule has 1 fully saturated rings. The molecule has 0 saturated carbocycles. The number of carbonyl (C=O) groups excluding carboxylic acids is 1. The van der Waals surface area contributed by atoms with Gasteiger partial charge in [-0.3, -0.25) is 9.69 Å². The molecule has 0 spiro atoms. The van der Waals surface area contributed by atoms with Crippen LogP contribution in [0.25, 0.3) is 0 Å². The second kappa shape index (κ2) is 3.63. The maximum absolute atomic E-state index is 12.2. The van der Waals surface area contributed by atoms with Crippen LogP contribution in [-0.4, -0.2) is 27.7 Å². The Kier molecular flexibility index (Phi) is 2.59. The van der Waals surface area contributed by atoms with Crippen LogP contribution in [0.5, 0.6) is 0 Å². The zero-order chi connectivity index (χ0) is 11.1. The first-order valence-electron chi connectivity index (χ1n) is 3.77. The van der Waals surface area contributed by atoms with Gasteiger partial charge in [0.05, 0.1) is 11.6 Å². The number of anilines is 1. The summed E-state index contributed by atoms with van der Waals surface area (Å²) in [6.07, 6.45) is -4.49. The van der Waals surface area contributed by atoms with Crippen LogP contribution in [-0.2, 0) is 11.0 Å². The molecule has 82 valence electrons. The molecule has 1 aliphatic rings. The van der Waals surface area contributed by atoms with Gasteiger partial charge in [0.1, 0.15) is 0 Å². The van der Waals surface area contributed by atoms with Gasteiger partial charge in [0, 0.05) is 0 Å². The van der Waals surface area contributed by atoms with Gasteiger partial charge in [0.15, 0.2) is 0 Å². The maximum Gasteiger partial charge on any atom is 0.445 e. The number of carbonyl (C=O) groups is 1. The van der Waals surface area contributed by atoms with Gasteiger partial charge in [-0.05, 0) is 0 Å². The molecule has 0 aliphatic carbocycles. The van der Waals surface area contributed by atoms with Crippen LogP contribution in [0, 0.1) is 0 Å². The smallest absolute Gasteiger partial charge is 0.276 e. The lowest BCUT2D eigenvalue weighted by atomic mass is 10.6.